The molecule has 1 aromatic rings. The summed E-state index contributed by atoms with van der Waals surface area (Å²) >= 11 is 3.71. The minimum absolute atomic E-state index is 0.122. The summed E-state index contributed by atoms with van der Waals surface area (Å²) in [5.74, 6) is 1.24. The van der Waals surface area contributed by atoms with Crippen molar-refractivity contribution in [3.05, 3.63) is 34.9 Å². The van der Waals surface area contributed by atoms with Crippen LogP contribution in [0, 0.1) is 12.8 Å². The molecule has 1 fully saturated rings. The lowest BCUT2D eigenvalue weighted by Crippen LogP contribution is -2.25. The third-order valence-corrected chi connectivity index (χ3v) is 5.87. The zero-order chi connectivity index (χ0) is 15.4. The highest BCUT2D eigenvalue weighted by Crippen LogP contribution is 2.40. The minimum Gasteiger partial charge on any atom is -0.298 e. The monoisotopic (exact) mass is 350 g/mol. The number of benzene rings is 1. The van der Waals surface area contributed by atoms with Crippen LogP contribution in [0.2, 0.25) is 0 Å². The highest BCUT2D eigenvalue weighted by molar-refractivity contribution is 9.09. The van der Waals surface area contributed by atoms with Crippen LogP contribution < -0.4 is 0 Å². The van der Waals surface area contributed by atoms with Gasteiger partial charge in [-0.15, -0.1) is 0 Å². The Bertz CT molecular complexity index is 490. The molecule has 1 saturated carbocycles. The van der Waals surface area contributed by atoms with E-state index < -0.39 is 0 Å². The third-order valence-electron chi connectivity index (χ3n) is 4.93. The Morgan fingerprint density at radius 2 is 2.05 bits per heavy atom. The predicted octanol–water partition coefficient (Wildman–Crippen LogP) is 6.09. The molecule has 2 rings (SSSR count). The number of Topliss-reactive ketones (excluding diaryl/α,β-unsaturated/α-hetero) is 1. The van der Waals surface area contributed by atoms with Gasteiger partial charge >= 0.3 is 0 Å². The lowest BCUT2D eigenvalue weighted by atomic mass is 9.78. The van der Waals surface area contributed by atoms with Crippen molar-refractivity contribution in [1.29, 1.82) is 0 Å². The van der Waals surface area contributed by atoms with Gasteiger partial charge in [-0.3, -0.25) is 4.79 Å². The second-order valence-corrected chi connectivity index (χ2v) is 7.28. The fourth-order valence-corrected chi connectivity index (χ4v) is 4.21. The van der Waals surface area contributed by atoms with E-state index in [4.69, 9.17) is 0 Å². The van der Waals surface area contributed by atoms with Gasteiger partial charge in [0.2, 0.25) is 0 Å². The molecule has 1 aromatic carbocycles. The van der Waals surface area contributed by atoms with Crippen molar-refractivity contribution >= 4 is 21.7 Å². The Balaban J connectivity index is 2.33. The lowest BCUT2D eigenvalue weighted by Gasteiger charge is -2.29. The van der Waals surface area contributed by atoms with E-state index in [1.165, 1.54) is 36.0 Å². The Labute approximate surface area is 137 Å². The molecule has 0 N–H and O–H groups in total. The fourth-order valence-electron chi connectivity index (χ4n) is 3.44. The SMILES string of the molecule is CCCC(CC)c1c(C)cccc1C(Br)C(=O)C1CCC1. The molecule has 0 radical (unpaired) electrons. The summed E-state index contributed by atoms with van der Waals surface area (Å²) in [6.07, 6.45) is 6.90. The first-order valence-electron chi connectivity index (χ1n) is 8.37. The molecule has 0 amide bonds. The number of hydrogen-bond donors (Lipinski definition) is 0. The van der Waals surface area contributed by atoms with Gasteiger partial charge < -0.3 is 0 Å². The van der Waals surface area contributed by atoms with E-state index >= 15 is 0 Å². The molecule has 1 aliphatic rings. The van der Waals surface area contributed by atoms with E-state index in [2.05, 4.69) is 54.9 Å². The molecule has 2 heteroatoms. The van der Waals surface area contributed by atoms with Gasteiger partial charge in [-0.1, -0.05) is 60.8 Å². The first-order chi connectivity index (χ1) is 10.1. The van der Waals surface area contributed by atoms with Gasteiger partial charge in [0.1, 0.15) is 0 Å². The van der Waals surface area contributed by atoms with E-state index in [9.17, 15) is 4.79 Å². The molecule has 0 saturated heterocycles. The maximum absolute atomic E-state index is 12.6. The van der Waals surface area contributed by atoms with Crippen molar-refractivity contribution in [2.24, 2.45) is 5.92 Å². The Kier molecular flexibility index (Phi) is 6.04. The van der Waals surface area contributed by atoms with Crippen molar-refractivity contribution in [2.45, 2.75) is 70.0 Å². The van der Waals surface area contributed by atoms with Crippen molar-refractivity contribution in [2.75, 3.05) is 0 Å². The van der Waals surface area contributed by atoms with Crippen LogP contribution in [0.1, 0.15) is 79.8 Å². The van der Waals surface area contributed by atoms with Gasteiger partial charge in [0.25, 0.3) is 0 Å². The molecule has 2 unspecified atom stereocenters. The summed E-state index contributed by atoms with van der Waals surface area (Å²) < 4.78 is 0. The quantitative estimate of drug-likeness (QED) is 0.543. The first-order valence-corrected chi connectivity index (χ1v) is 9.28. The molecule has 0 aliphatic heterocycles. The lowest BCUT2D eigenvalue weighted by molar-refractivity contribution is -0.124. The van der Waals surface area contributed by atoms with Gasteiger partial charge in [-0.25, -0.2) is 0 Å². The van der Waals surface area contributed by atoms with Gasteiger partial charge in [0.15, 0.2) is 5.78 Å². The average molecular weight is 351 g/mol. The number of ketones is 1. The molecule has 2 atom stereocenters. The standard InChI is InChI=1S/C19H27BrO/c1-4-8-14(5-2)17-13(3)9-6-12-16(17)18(20)19(21)15-10-7-11-15/h6,9,12,14-15,18H,4-5,7-8,10-11H2,1-3H3. The minimum atomic E-state index is -0.122. The summed E-state index contributed by atoms with van der Waals surface area (Å²) in [4.78, 5) is 12.5. The van der Waals surface area contributed by atoms with Gasteiger partial charge in [-0.05, 0) is 55.2 Å². The zero-order valence-corrected chi connectivity index (χ0v) is 15.1. The molecule has 1 nitrogen and oxygen atoms in total. The predicted molar refractivity (Wildman–Crippen MR) is 93.1 cm³/mol. The fraction of sp³-hybridized carbons (Fsp3) is 0.632. The molecule has 1 aliphatic carbocycles. The summed E-state index contributed by atoms with van der Waals surface area (Å²) in [6, 6.07) is 6.43. The number of hydrogen-bond acceptors (Lipinski definition) is 1. The summed E-state index contributed by atoms with van der Waals surface area (Å²) in [6.45, 7) is 6.68. The summed E-state index contributed by atoms with van der Waals surface area (Å²) in [7, 11) is 0. The second kappa shape index (κ2) is 7.58. The van der Waals surface area contributed by atoms with Crippen LogP contribution in [0.4, 0.5) is 0 Å². The largest absolute Gasteiger partial charge is 0.298 e. The van der Waals surface area contributed by atoms with Crippen molar-refractivity contribution in [3.63, 3.8) is 0 Å². The zero-order valence-electron chi connectivity index (χ0n) is 13.5. The summed E-state index contributed by atoms with van der Waals surface area (Å²) in [5, 5.41) is 0. The number of rotatable bonds is 7. The van der Waals surface area contributed by atoms with E-state index in [0.717, 1.165) is 19.3 Å². The maximum Gasteiger partial charge on any atom is 0.153 e. The maximum atomic E-state index is 12.6. The van der Waals surface area contributed by atoms with Crippen molar-refractivity contribution < 1.29 is 4.79 Å². The second-order valence-electron chi connectivity index (χ2n) is 6.36. The van der Waals surface area contributed by atoms with E-state index in [1.807, 2.05) is 0 Å². The Morgan fingerprint density at radius 1 is 1.33 bits per heavy atom. The van der Waals surface area contributed by atoms with E-state index in [1.54, 1.807) is 0 Å². The van der Waals surface area contributed by atoms with Crippen LogP contribution in [0.15, 0.2) is 18.2 Å². The van der Waals surface area contributed by atoms with Crippen LogP contribution in [0.25, 0.3) is 0 Å². The highest BCUT2D eigenvalue weighted by atomic mass is 79.9. The molecular weight excluding hydrogens is 324 g/mol. The van der Waals surface area contributed by atoms with E-state index in [-0.39, 0.29) is 10.7 Å². The number of halogens is 1. The van der Waals surface area contributed by atoms with Gasteiger partial charge in [0.05, 0.1) is 4.83 Å². The molecule has 0 heterocycles. The number of carbonyl (C=O) groups excluding carboxylic acids is 1. The smallest absolute Gasteiger partial charge is 0.153 e. The van der Waals surface area contributed by atoms with Crippen LogP contribution in [0.3, 0.4) is 0 Å². The topological polar surface area (TPSA) is 17.1 Å². The molecule has 21 heavy (non-hydrogen) atoms. The highest BCUT2D eigenvalue weighted by Gasteiger charge is 2.32. The molecular formula is C19H27BrO. The number of alkyl halides is 1. The molecule has 0 bridgehead atoms. The van der Waals surface area contributed by atoms with Crippen molar-refractivity contribution in [3.8, 4) is 0 Å². The first kappa shape index (κ1) is 16.7. The molecule has 116 valence electrons. The number of carbonyl (C=O) groups is 1. The molecule has 0 aromatic heterocycles. The summed E-state index contributed by atoms with van der Waals surface area (Å²) in [5.41, 5.74) is 3.96. The van der Waals surface area contributed by atoms with Crippen LogP contribution in [-0.2, 0) is 4.79 Å². The third kappa shape index (κ3) is 3.59. The number of aryl methyl sites for hydroxylation is 1. The average Bonchev–Trinajstić information content (AvgIpc) is 2.42. The van der Waals surface area contributed by atoms with Gasteiger partial charge in [0, 0.05) is 5.92 Å². The Hall–Kier alpha value is -0.630. The van der Waals surface area contributed by atoms with Gasteiger partial charge in [-0.2, -0.15) is 0 Å². The molecule has 0 spiro atoms. The van der Waals surface area contributed by atoms with Crippen LogP contribution in [0.5, 0.6) is 0 Å². The van der Waals surface area contributed by atoms with Crippen LogP contribution >= 0.6 is 15.9 Å². The normalized spacial score (nSPS) is 18.1. The van der Waals surface area contributed by atoms with E-state index in [0.29, 0.717) is 11.7 Å². The van der Waals surface area contributed by atoms with Crippen LogP contribution in [-0.4, -0.2) is 5.78 Å². The Morgan fingerprint density at radius 3 is 2.57 bits per heavy atom. The van der Waals surface area contributed by atoms with Crippen molar-refractivity contribution in [1.82, 2.24) is 0 Å².